The van der Waals surface area contributed by atoms with Crippen molar-refractivity contribution in [1.82, 2.24) is 5.32 Å². The highest BCUT2D eigenvalue weighted by atomic mass is 16.5. The highest BCUT2D eigenvalue weighted by Crippen LogP contribution is 2.24. The second kappa shape index (κ2) is 5.57. The summed E-state index contributed by atoms with van der Waals surface area (Å²) in [7, 11) is 0. The van der Waals surface area contributed by atoms with Crippen molar-refractivity contribution < 1.29 is 9.53 Å². The molecule has 1 rings (SSSR count). The summed E-state index contributed by atoms with van der Waals surface area (Å²) < 4.78 is 5.64. The van der Waals surface area contributed by atoms with Gasteiger partial charge in [0.05, 0.1) is 5.60 Å². The quantitative estimate of drug-likeness (QED) is 0.809. The molecule has 4 heteroatoms. The average Bonchev–Trinajstić information content (AvgIpc) is 2.13. The van der Waals surface area contributed by atoms with E-state index in [2.05, 4.69) is 39.9 Å². The van der Waals surface area contributed by atoms with Crippen LogP contribution in [0, 0.1) is 5.41 Å². The van der Waals surface area contributed by atoms with Crippen molar-refractivity contribution in [2.24, 2.45) is 11.1 Å². The molecular formula is C14H28N2O2. The third kappa shape index (κ3) is 4.94. The topological polar surface area (TPSA) is 64.4 Å². The van der Waals surface area contributed by atoms with E-state index in [0.29, 0.717) is 13.0 Å². The normalized spacial score (nSPS) is 25.6. The summed E-state index contributed by atoms with van der Waals surface area (Å²) in [5.41, 5.74) is 5.85. The molecule has 0 spiro atoms. The van der Waals surface area contributed by atoms with Crippen molar-refractivity contribution in [1.29, 1.82) is 0 Å². The van der Waals surface area contributed by atoms with Crippen LogP contribution in [0.2, 0.25) is 0 Å². The Morgan fingerprint density at radius 1 is 1.50 bits per heavy atom. The summed E-state index contributed by atoms with van der Waals surface area (Å²) in [6.07, 6.45) is 2.14. The molecule has 4 nitrogen and oxygen atoms in total. The minimum Gasteiger partial charge on any atom is -0.375 e. The van der Waals surface area contributed by atoms with Crippen molar-refractivity contribution in [2.75, 3.05) is 6.61 Å². The Morgan fingerprint density at radius 2 is 2.11 bits per heavy atom. The van der Waals surface area contributed by atoms with Crippen molar-refractivity contribution >= 4 is 5.91 Å². The summed E-state index contributed by atoms with van der Waals surface area (Å²) in [5.74, 6) is 0.0557. The maximum atomic E-state index is 11.9. The number of carbonyl (C=O) groups excluding carboxylic acids is 1. The molecule has 0 aromatic heterocycles. The average molecular weight is 256 g/mol. The molecule has 18 heavy (non-hydrogen) atoms. The number of carbonyl (C=O) groups is 1. The lowest BCUT2D eigenvalue weighted by atomic mass is 9.85. The Kier molecular flexibility index (Phi) is 4.78. The van der Waals surface area contributed by atoms with Crippen LogP contribution in [-0.4, -0.2) is 30.2 Å². The Bertz CT molecular complexity index is 295. The van der Waals surface area contributed by atoms with Crippen molar-refractivity contribution in [3.8, 4) is 0 Å². The van der Waals surface area contributed by atoms with E-state index in [1.165, 1.54) is 0 Å². The molecule has 1 amide bonds. The Morgan fingerprint density at radius 3 is 2.61 bits per heavy atom. The fourth-order valence-electron chi connectivity index (χ4n) is 2.15. The molecule has 0 bridgehead atoms. The van der Waals surface area contributed by atoms with E-state index in [4.69, 9.17) is 10.5 Å². The molecule has 1 heterocycles. The van der Waals surface area contributed by atoms with Crippen molar-refractivity contribution in [3.63, 3.8) is 0 Å². The summed E-state index contributed by atoms with van der Waals surface area (Å²) in [5, 5.41) is 3.08. The van der Waals surface area contributed by atoms with Gasteiger partial charge in [0.15, 0.2) is 0 Å². The number of nitrogens with two attached hydrogens (primary N) is 1. The molecule has 0 radical (unpaired) electrons. The Balaban J connectivity index is 2.41. The molecule has 106 valence electrons. The minimum atomic E-state index is -0.137. The molecule has 1 aliphatic rings. The largest absolute Gasteiger partial charge is 0.375 e. The summed E-state index contributed by atoms with van der Waals surface area (Å²) in [6, 6.07) is 0.110. The first kappa shape index (κ1) is 15.4. The molecule has 0 saturated carbocycles. The van der Waals surface area contributed by atoms with Gasteiger partial charge in [0.2, 0.25) is 5.91 Å². The highest BCUT2D eigenvalue weighted by Gasteiger charge is 2.30. The van der Waals surface area contributed by atoms with E-state index in [1.54, 1.807) is 0 Å². The molecular weight excluding hydrogens is 228 g/mol. The van der Waals surface area contributed by atoms with Crippen LogP contribution in [-0.2, 0) is 9.53 Å². The molecule has 1 fully saturated rings. The lowest BCUT2D eigenvalue weighted by molar-refractivity contribution is -0.124. The smallest absolute Gasteiger partial charge is 0.221 e. The van der Waals surface area contributed by atoms with Crippen molar-refractivity contribution in [3.05, 3.63) is 0 Å². The van der Waals surface area contributed by atoms with Crippen LogP contribution in [0.25, 0.3) is 0 Å². The fourth-order valence-corrected chi connectivity index (χ4v) is 2.15. The Labute approximate surface area is 111 Å². The van der Waals surface area contributed by atoms with E-state index in [0.717, 1.165) is 12.8 Å². The number of ether oxygens (including phenoxy) is 1. The Hall–Kier alpha value is -0.610. The molecule has 0 aromatic rings. The molecule has 1 aliphatic heterocycles. The predicted octanol–water partition coefficient (Wildman–Crippen LogP) is 1.82. The molecule has 2 atom stereocenters. The van der Waals surface area contributed by atoms with Gasteiger partial charge in [-0.3, -0.25) is 4.79 Å². The highest BCUT2D eigenvalue weighted by molar-refractivity contribution is 5.77. The first-order valence-corrected chi connectivity index (χ1v) is 6.79. The third-order valence-electron chi connectivity index (χ3n) is 3.58. The van der Waals surface area contributed by atoms with Gasteiger partial charge < -0.3 is 15.8 Å². The van der Waals surface area contributed by atoms with Gasteiger partial charge in [0.25, 0.3) is 0 Å². The van der Waals surface area contributed by atoms with Crippen LogP contribution in [0.5, 0.6) is 0 Å². The maximum absolute atomic E-state index is 11.9. The molecule has 0 aliphatic carbocycles. The van der Waals surface area contributed by atoms with Gasteiger partial charge in [-0.05, 0) is 32.1 Å². The van der Waals surface area contributed by atoms with E-state index < -0.39 is 0 Å². The number of hydrogen-bond acceptors (Lipinski definition) is 3. The van der Waals surface area contributed by atoms with Crippen LogP contribution in [0.4, 0.5) is 0 Å². The van der Waals surface area contributed by atoms with E-state index in [1.807, 2.05) is 0 Å². The SMILES string of the molecule is CC1(C)CC(NC(=O)CC(N)C(C)(C)C)CCO1. The van der Waals surface area contributed by atoms with Crippen LogP contribution in [0.3, 0.4) is 0 Å². The number of amides is 1. The number of nitrogens with one attached hydrogen (secondary N) is 1. The van der Waals surface area contributed by atoms with Gasteiger partial charge in [0, 0.05) is 25.1 Å². The zero-order chi connectivity index (χ0) is 14.0. The van der Waals surface area contributed by atoms with Gasteiger partial charge in [-0.1, -0.05) is 20.8 Å². The first-order valence-electron chi connectivity index (χ1n) is 6.79. The van der Waals surface area contributed by atoms with Crippen LogP contribution < -0.4 is 11.1 Å². The first-order chi connectivity index (χ1) is 8.10. The fraction of sp³-hybridized carbons (Fsp3) is 0.929. The lowest BCUT2D eigenvalue weighted by Crippen LogP contribution is -2.48. The lowest BCUT2D eigenvalue weighted by Gasteiger charge is -2.36. The zero-order valence-electron chi connectivity index (χ0n) is 12.4. The van der Waals surface area contributed by atoms with Gasteiger partial charge in [0.1, 0.15) is 0 Å². The molecule has 1 saturated heterocycles. The molecule has 0 aromatic carbocycles. The number of hydrogen-bond donors (Lipinski definition) is 2. The summed E-state index contributed by atoms with van der Waals surface area (Å²) in [4.78, 5) is 11.9. The van der Waals surface area contributed by atoms with E-state index in [-0.39, 0.29) is 29.0 Å². The summed E-state index contributed by atoms with van der Waals surface area (Å²) in [6.45, 7) is 11.0. The molecule has 2 unspecified atom stereocenters. The zero-order valence-corrected chi connectivity index (χ0v) is 12.4. The maximum Gasteiger partial charge on any atom is 0.221 e. The summed E-state index contributed by atoms with van der Waals surface area (Å²) >= 11 is 0. The minimum absolute atomic E-state index is 0.0354. The van der Waals surface area contributed by atoms with Gasteiger partial charge in [-0.15, -0.1) is 0 Å². The third-order valence-corrected chi connectivity index (χ3v) is 3.58. The van der Waals surface area contributed by atoms with E-state index >= 15 is 0 Å². The van der Waals surface area contributed by atoms with Gasteiger partial charge in [-0.2, -0.15) is 0 Å². The van der Waals surface area contributed by atoms with Crippen LogP contribution in [0.15, 0.2) is 0 Å². The van der Waals surface area contributed by atoms with Gasteiger partial charge in [-0.25, -0.2) is 0 Å². The predicted molar refractivity (Wildman–Crippen MR) is 73.2 cm³/mol. The number of rotatable bonds is 3. The second-order valence-electron chi connectivity index (χ2n) is 7.04. The van der Waals surface area contributed by atoms with Gasteiger partial charge >= 0.3 is 0 Å². The van der Waals surface area contributed by atoms with Crippen LogP contribution in [0.1, 0.15) is 53.9 Å². The monoisotopic (exact) mass is 256 g/mol. The van der Waals surface area contributed by atoms with Crippen molar-refractivity contribution in [2.45, 2.75) is 71.6 Å². The second-order valence-corrected chi connectivity index (χ2v) is 7.04. The molecule has 3 N–H and O–H groups in total. The van der Waals surface area contributed by atoms with E-state index in [9.17, 15) is 4.79 Å². The standard InChI is InChI=1S/C14H28N2O2/c1-13(2,3)11(15)8-12(17)16-10-6-7-18-14(4,5)9-10/h10-11H,6-9,15H2,1-5H3,(H,16,17). The van der Waals surface area contributed by atoms with Crippen LogP contribution >= 0.6 is 0 Å².